The Kier molecular flexibility index (Phi) is 4.73. The minimum atomic E-state index is -0.214. The SMILES string of the molecule is CCc1ccc(CNC(=O)C2COCCN2)cc1. The van der Waals surface area contributed by atoms with Crippen molar-refractivity contribution < 1.29 is 9.53 Å². The summed E-state index contributed by atoms with van der Waals surface area (Å²) < 4.78 is 5.26. The van der Waals surface area contributed by atoms with Gasteiger partial charge >= 0.3 is 0 Å². The molecule has 1 aromatic carbocycles. The van der Waals surface area contributed by atoms with Crippen molar-refractivity contribution in [1.29, 1.82) is 0 Å². The highest BCUT2D eigenvalue weighted by Crippen LogP contribution is 2.05. The van der Waals surface area contributed by atoms with E-state index in [-0.39, 0.29) is 11.9 Å². The highest BCUT2D eigenvalue weighted by molar-refractivity contribution is 5.81. The van der Waals surface area contributed by atoms with E-state index < -0.39 is 0 Å². The van der Waals surface area contributed by atoms with Crippen molar-refractivity contribution in [3.8, 4) is 0 Å². The fourth-order valence-electron chi connectivity index (χ4n) is 1.94. The van der Waals surface area contributed by atoms with Gasteiger partial charge in [-0.3, -0.25) is 4.79 Å². The van der Waals surface area contributed by atoms with Crippen molar-refractivity contribution in [2.75, 3.05) is 19.8 Å². The van der Waals surface area contributed by atoms with E-state index in [9.17, 15) is 4.79 Å². The van der Waals surface area contributed by atoms with E-state index in [2.05, 4.69) is 41.8 Å². The Hall–Kier alpha value is -1.39. The van der Waals surface area contributed by atoms with Crippen LogP contribution in [0, 0.1) is 0 Å². The molecule has 1 unspecified atom stereocenters. The predicted molar refractivity (Wildman–Crippen MR) is 70.3 cm³/mol. The second-order valence-corrected chi connectivity index (χ2v) is 4.47. The number of amides is 1. The molecule has 1 aromatic rings. The molecule has 18 heavy (non-hydrogen) atoms. The lowest BCUT2D eigenvalue weighted by molar-refractivity contribution is -0.126. The lowest BCUT2D eigenvalue weighted by atomic mass is 10.1. The van der Waals surface area contributed by atoms with E-state index in [1.807, 2.05) is 0 Å². The van der Waals surface area contributed by atoms with Crippen LogP contribution in [-0.2, 0) is 22.5 Å². The molecule has 4 heteroatoms. The molecule has 0 spiro atoms. The van der Waals surface area contributed by atoms with Crippen molar-refractivity contribution in [1.82, 2.24) is 10.6 Å². The number of carbonyl (C=O) groups excluding carboxylic acids is 1. The minimum Gasteiger partial charge on any atom is -0.378 e. The molecular weight excluding hydrogens is 228 g/mol. The standard InChI is InChI=1S/C14H20N2O2/c1-2-11-3-5-12(6-4-11)9-16-14(17)13-10-18-8-7-15-13/h3-6,13,15H,2,7-10H2,1H3,(H,16,17). The topological polar surface area (TPSA) is 50.4 Å². The number of morpholine rings is 1. The maximum absolute atomic E-state index is 11.8. The summed E-state index contributed by atoms with van der Waals surface area (Å²) in [4.78, 5) is 11.8. The van der Waals surface area contributed by atoms with Crippen LogP contribution in [0.4, 0.5) is 0 Å². The number of nitrogens with one attached hydrogen (secondary N) is 2. The number of rotatable bonds is 4. The Balaban J connectivity index is 1.80. The van der Waals surface area contributed by atoms with Gasteiger partial charge in [-0.25, -0.2) is 0 Å². The lowest BCUT2D eigenvalue weighted by Gasteiger charge is -2.22. The van der Waals surface area contributed by atoms with Crippen LogP contribution in [0.15, 0.2) is 24.3 Å². The number of hydrogen-bond acceptors (Lipinski definition) is 3. The van der Waals surface area contributed by atoms with Crippen LogP contribution < -0.4 is 10.6 Å². The zero-order valence-electron chi connectivity index (χ0n) is 10.7. The molecule has 1 fully saturated rings. The summed E-state index contributed by atoms with van der Waals surface area (Å²) in [5.41, 5.74) is 2.43. The average Bonchev–Trinajstić information content (AvgIpc) is 2.46. The number of carbonyl (C=O) groups is 1. The van der Waals surface area contributed by atoms with E-state index in [4.69, 9.17) is 4.74 Å². The van der Waals surface area contributed by atoms with Gasteiger partial charge in [0.2, 0.25) is 5.91 Å². The van der Waals surface area contributed by atoms with Gasteiger partial charge < -0.3 is 15.4 Å². The Bertz CT molecular complexity index is 383. The predicted octanol–water partition coefficient (Wildman–Crippen LogP) is 0.854. The van der Waals surface area contributed by atoms with Crippen molar-refractivity contribution in [3.63, 3.8) is 0 Å². The molecule has 1 atom stereocenters. The molecule has 0 radical (unpaired) electrons. The first-order valence-electron chi connectivity index (χ1n) is 6.46. The first-order valence-corrected chi connectivity index (χ1v) is 6.46. The summed E-state index contributed by atoms with van der Waals surface area (Å²) in [5.74, 6) is 0.00858. The van der Waals surface area contributed by atoms with Gasteiger partial charge in [-0.1, -0.05) is 31.2 Å². The summed E-state index contributed by atoms with van der Waals surface area (Å²) >= 11 is 0. The van der Waals surface area contributed by atoms with Gasteiger partial charge in [0.05, 0.1) is 13.2 Å². The highest BCUT2D eigenvalue weighted by atomic mass is 16.5. The van der Waals surface area contributed by atoms with Gasteiger partial charge in [-0.2, -0.15) is 0 Å². The summed E-state index contributed by atoms with van der Waals surface area (Å²) in [6.45, 7) is 4.58. The van der Waals surface area contributed by atoms with Crippen molar-refractivity contribution in [2.24, 2.45) is 0 Å². The van der Waals surface area contributed by atoms with Crippen LogP contribution in [0.1, 0.15) is 18.1 Å². The normalized spacial score (nSPS) is 19.5. The summed E-state index contributed by atoms with van der Waals surface area (Å²) in [7, 11) is 0. The van der Waals surface area contributed by atoms with Gasteiger partial charge in [-0.15, -0.1) is 0 Å². The van der Waals surface area contributed by atoms with Crippen molar-refractivity contribution >= 4 is 5.91 Å². The Morgan fingerprint density at radius 2 is 2.11 bits per heavy atom. The molecule has 1 saturated heterocycles. The van der Waals surface area contributed by atoms with E-state index in [0.29, 0.717) is 19.8 Å². The maximum Gasteiger partial charge on any atom is 0.239 e. The van der Waals surface area contributed by atoms with E-state index in [1.54, 1.807) is 0 Å². The third kappa shape index (κ3) is 3.55. The average molecular weight is 248 g/mol. The fraction of sp³-hybridized carbons (Fsp3) is 0.500. The van der Waals surface area contributed by atoms with Gasteiger partial charge in [0.25, 0.3) is 0 Å². The lowest BCUT2D eigenvalue weighted by Crippen LogP contribution is -2.51. The van der Waals surface area contributed by atoms with Crippen LogP contribution in [0.5, 0.6) is 0 Å². The smallest absolute Gasteiger partial charge is 0.239 e. The number of hydrogen-bond donors (Lipinski definition) is 2. The Morgan fingerprint density at radius 1 is 1.39 bits per heavy atom. The number of benzene rings is 1. The second kappa shape index (κ2) is 6.52. The molecule has 0 aromatic heterocycles. The third-order valence-corrected chi connectivity index (χ3v) is 3.14. The van der Waals surface area contributed by atoms with E-state index in [1.165, 1.54) is 5.56 Å². The fourth-order valence-corrected chi connectivity index (χ4v) is 1.94. The number of ether oxygens (including phenoxy) is 1. The molecular formula is C14H20N2O2. The van der Waals surface area contributed by atoms with Crippen LogP contribution in [0.25, 0.3) is 0 Å². The molecule has 0 aliphatic carbocycles. The van der Waals surface area contributed by atoms with E-state index >= 15 is 0 Å². The van der Waals surface area contributed by atoms with E-state index in [0.717, 1.165) is 18.5 Å². The van der Waals surface area contributed by atoms with Crippen LogP contribution >= 0.6 is 0 Å². The molecule has 1 heterocycles. The third-order valence-electron chi connectivity index (χ3n) is 3.14. The molecule has 1 aliphatic heterocycles. The molecule has 4 nitrogen and oxygen atoms in total. The summed E-state index contributed by atoms with van der Waals surface area (Å²) in [6, 6.07) is 8.11. The zero-order valence-corrected chi connectivity index (χ0v) is 10.7. The first kappa shape index (κ1) is 13.1. The quantitative estimate of drug-likeness (QED) is 0.830. The zero-order chi connectivity index (χ0) is 12.8. The minimum absolute atomic E-state index is 0.00858. The molecule has 2 rings (SSSR count). The monoisotopic (exact) mass is 248 g/mol. The highest BCUT2D eigenvalue weighted by Gasteiger charge is 2.20. The molecule has 0 saturated carbocycles. The molecule has 1 aliphatic rings. The largest absolute Gasteiger partial charge is 0.378 e. The summed E-state index contributed by atoms with van der Waals surface area (Å²) in [5, 5.41) is 6.06. The van der Waals surface area contributed by atoms with Gasteiger partial charge in [0, 0.05) is 13.1 Å². The molecule has 98 valence electrons. The van der Waals surface area contributed by atoms with Crippen LogP contribution in [-0.4, -0.2) is 31.7 Å². The van der Waals surface area contributed by atoms with Gasteiger partial charge in [0.15, 0.2) is 0 Å². The van der Waals surface area contributed by atoms with Crippen molar-refractivity contribution in [2.45, 2.75) is 25.9 Å². The number of aryl methyl sites for hydroxylation is 1. The van der Waals surface area contributed by atoms with Crippen molar-refractivity contribution in [3.05, 3.63) is 35.4 Å². The molecule has 1 amide bonds. The van der Waals surface area contributed by atoms with Crippen LogP contribution in [0.2, 0.25) is 0 Å². The van der Waals surface area contributed by atoms with Gasteiger partial charge in [0.1, 0.15) is 6.04 Å². The summed E-state index contributed by atoms with van der Waals surface area (Å²) in [6.07, 6.45) is 1.04. The second-order valence-electron chi connectivity index (χ2n) is 4.47. The Labute approximate surface area is 108 Å². The maximum atomic E-state index is 11.8. The Morgan fingerprint density at radius 3 is 2.72 bits per heavy atom. The first-order chi connectivity index (χ1) is 8.79. The van der Waals surface area contributed by atoms with Crippen LogP contribution in [0.3, 0.4) is 0 Å². The van der Waals surface area contributed by atoms with Gasteiger partial charge in [-0.05, 0) is 17.5 Å². The molecule has 2 N–H and O–H groups in total. The molecule has 0 bridgehead atoms.